The molecule has 0 aliphatic carbocycles. The summed E-state index contributed by atoms with van der Waals surface area (Å²) < 4.78 is 24.5. The van der Waals surface area contributed by atoms with Crippen LogP contribution >= 0.6 is 0 Å². The first kappa shape index (κ1) is 17.7. The van der Waals surface area contributed by atoms with Crippen molar-refractivity contribution in [3.63, 3.8) is 0 Å². The second-order valence-corrected chi connectivity index (χ2v) is 5.90. The predicted molar refractivity (Wildman–Crippen MR) is 91.3 cm³/mol. The van der Waals surface area contributed by atoms with Crippen LogP contribution in [0.1, 0.15) is 23.1 Å². The molecule has 0 bridgehead atoms. The van der Waals surface area contributed by atoms with Gasteiger partial charge in [-0.1, -0.05) is 18.2 Å². The molecule has 26 heavy (non-hydrogen) atoms. The van der Waals surface area contributed by atoms with E-state index in [9.17, 15) is 19.1 Å². The van der Waals surface area contributed by atoms with Gasteiger partial charge in [-0.25, -0.2) is 9.18 Å². The van der Waals surface area contributed by atoms with Gasteiger partial charge in [0.05, 0.1) is 0 Å². The van der Waals surface area contributed by atoms with Crippen molar-refractivity contribution >= 4 is 16.9 Å². The Morgan fingerprint density at radius 1 is 1.23 bits per heavy atom. The molecule has 0 atom stereocenters. The minimum Gasteiger partial charge on any atom is -0.550 e. The van der Waals surface area contributed by atoms with E-state index in [0.29, 0.717) is 33.4 Å². The second-order valence-electron chi connectivity index (χ2n) is 5.90. The lowest BCUT2D eigenvalue weighted by molar-refractivity contribution is -0.305. The van der Waals surface area contributed by atoms with E-state index in [0.717, 1.165) is 0 Å². The maximum absolute atomic E-state index is 13.6. The number of carbonyl (C=O) groups excluding carboxylic acids is 1. The van der Waals surface area contributed by atoms with Gasteiger partial charge in [-0.15, -0.1) is 0 Å². The number of rotatable bonds is 6. The number of halogens is 1. The van der Waals surface area contributed by atoms with Crippen molar-refractivity contribution in [2.75, 3.05) is 0 Å². The molecular weight excluding hydrogens is 339 g/mol. The molecule has 0 saturated carbocycles. The van der Waals surface area contributed by atoms with E-state index in [1.807, 2.05) is 0 Å². The topological polar surface area (TPSA) is 79.6 Å². The van der Waals surface area contributed by atoms with Crippen LogP contribution in [0, 0.1) is 12.7 Å². The Morgan fingerprint density at radius 2 is 2.00 bits per heavy atom. The quantitative estimate of drug-likeness (QED) is 0.635. The molecule has 3 aromatic rings. The maximum Gasteiger partial charge on any atom is 0.339 e. The van der Waals surface area contributed by atoms with Crippen LogP contribution in [0.4, 0.5) is 4.39 Å². The average molecular weight is 355 g/mol. The minimum absolute atomic E-state index is 0.0467. The Labute approximate surface area is 148 Å². The summed E-state index contributed by atoms with van der Waals surface area (Å²) >= 11 is 0. The fraction of sp³-hybridized carbons (Fsp3) is 0.200. The fourth-order valence-corrected chi connectivity index (χ4v) is 2.76. The summed E-state index contributed by atoms with van der Waals surface area (Å²) in [4.78, 5) is 22.8. The molecule has 0 aliphatic heterocycles. The maximum atomic E-state index is 13.6. The largest absolute Gasteiger partial charge is 0.550 e. The van der Waals surface area contributed by atoms with Crippen LogP contribution in [0.25, 0.3) is 11.0 Å². The Morgan fingerprint density at radius 3 is 2.73 bits per heavy atom. The first-order valence-electron chi connectivity index (χ1n) is 8.08. The number of aliphatic carboxylic acids is 1. The van der Waals surface area contributed by atoms with Gasteiger partial charge >= 0.3 is 5.63 Å². The van der Waals surface area contributed by atoms with E-state index in [1.165, 1.54) is 6.07 Å². The lowest BCUT2D eigenvalue weighted by atomic mass is 10.0. The van der Waals surface area contributed by atoms with Crippen LogP contribution in [0.5, 0.6) is 5.75 Å². The highest BCUT2D eigenvalue weighted by Crippen LogP contribution is 2.25. The van der Waals surface area contributed by atoms with E-state index >= 15 is 0 Å². The van der Waals surface area contributed by atoms with Gasteiger partial charge in [0.1, 0.15) is 23.8 Å². The Hall–Kier alpha value is -3.15. The van der Waals surface area contributed by atoms with Crippen LogP contribution in [0.15, 0.2) is 51.7 Å². The molecule has 0 fully saturated rings. The summed E-state index contributed by atoms with van der Waals surface area (Å²) in [5, 5.41) is 11.3. The number of carbonyl (C=O) groups is 1. The second kappa shape index (κ2) is 7.39. The standard InChI is InChI=1S/C20H17FO5/c1-12-15-7-6-14(25-11-13-4-2-3-5-17(13)21)10-18(15)26-20(24)16(12)8-9-19(22)23/h2-7,10H,8-9,11H2,1H3,(H,22,23)/p-1. The fourth-order valence-electron chi connectivity index (χ4n) is 2.76. The lowest BCUT2D eigenvalue weighted by Crippen LogP contribution is -2.24. The number of fused-ring (bicyclic) bond motifs is 1. The molecule has 1 aromatic heterocycles. The van der Waals surface area contributed by atoms with Gasteiger partial charge < -0.3 is 19.1 Å². The van der Waals surface area contributed by atoms with Crippen molar-refractivity contribution in [3.05, 3.63) is 75.4 Å². The third-order valence-corrected chi connectivity index (χ3v) is 4.19. The minimum atomic E-state index is -1.22. The van der Waals surface area contributed by atoms with Crippen LogP contribution in [0.3, 0.4) is 0 Å². The zero-order valence-electron chi connectivity index (χ0n) is 14.1. The van der Waals surface area contributed by atoms with Gasteiger partial charge in [0, 0.05) is 28.5 Å². The molecule has 0 radical (unpaired) electrons. The highest BCUT2D eigenvalue weighted by atomic mass is 19.1. The SMILES string of the molecule is Cc1c(CCC(=O)[O-])c(=O)oc2cc(OCc3ccccc3F)ccc12. The van der Waals surface area contributed by atoms with Crippen molar-refractivity contribution in [2.45, 2.75) is 26.4 Å². The number of hydrogen-bond acceptors (Lipinski definition) is 5. The van der Waals surface area contributed by atoms with Gasteiger partial charge in [-0.05, 0) is 43.5 Å². The van der Waals surface area contributed by atoms with Gasteiger partial charge in [0.2, 0.25) is 0 Å². The number of hydrogen-bond donors (Lipinski definition) is 0. The number of benzene rings is 2. The van der Waals surface area contributed by atoms with Crippen molar-refractivity contribution in [2.24, 2.45) is 0 Å². The smallest absolute Gasteiger partial charge is 0.339 e. The first-order chi connectivity index (χ1) is 12.5. The predicted octanol–water partition coefficient (Wildman–Crippen LogP) is 2.50. The molecule has 5 nitrogen and oxygen atoms in total. The number of aryl methyl sites for hydroxylation is 1. The average Bonchev–Trinajstić information content (AvgIpc) is 2.60. The van der Waals surface area contributed by atoms with Gasteiger partial charge in [-0.2, -0.15) is 0 Å². The third-order valence-electron chi connectivity index (χ3n) is 4.19. The zero-order chi connectivity index (χ0) is 18.7. The summed E-state index contributed by atoms with van der Waals surface area (Å²) in [6, 6.07) is 11.3. The summed E-state index contributed by atoms with van der Waals surface area (Å²) in [5.41, 5.74) is 1.15. The lowest BCUT2D eigenvalue weighted by Gasteiger charge is -2.11. The van der Waals surface area contributed by atoms with Gasteiger partial charge in [-0.3, -0.25) is 0 Å². The van der Waals surface area contributed by atoms with Crippen molar-refractivity contribution < 1.29 is 23.4 Å². The van der Waals surface area contributed by atoms with Crippen molar-refractivity contribution in [1.29, 1.82) is 0 Å². The molecule has 3 rings (SSSR count). The van der Waals surface area contributed by atoms with Crippen molar-refractivity contribution in [3.8, 4) is 5.75 Å². The van der Waals surface area contributed by atoms with Gasteiger partial charge in [0.15, 0.2) is 0 Å². The summed E-state index contributed by atoms with van der Waals surface area (Å²) in [7, 11) is 0. The molecule has 0 saturated heterocycles. The third kappa shape index (κ3) is 3.74. The monoisotopic (exact) mass is 355 g/mol. The first-order valence-corrected chi connectivity index (χ1v) is 8.08. The Kier molecular flexibility index (Phi) is 5.02. The molecule has 0 unspecified atom stereocenters. The molecule has 6 heteroatoms. The Bertz CT molecular complexity index is 1020. The molecule has 0 amide bonds. The van der Waals surface area contributed by atoms with Crippen LogP contribution in [-0.2, 0) is 17.8 Å². The van der Waals surface area contributed by atoms with E-state index in [-0.39, 0.29) is 25.3 Å². The number of carboxylic acid groups (broad SMARTS) is 1. The summed E-state index contributed by atoms with van der Waals surface area (Å²) in [6.45, 7) is 1.79. The van der Waals surface area contributed by atoms with Crippen LogP contribution < -0.4 is 15.5 Å². The molecule has 0 aliphatic rings. The van der Waals surface area contributed by atoms with E-state index in [4.69, 9.17) is 9.15 Å². The molecule has 0 N–H and O–H groups in total. The van der Waals surface area contributed by atoms with Crippen LogP contribution in [-0.4, -0.2) is 5.97 Å². The molecular formula is C20H16FO5-. The Balaban J connectivity index is 1.87. The zero-order valence-corrected chi connectivity index (χ0v) is 14.1. The van der Waals surface area contributed by atoms with Crippen molar-refractivity contribution in [1.82, 2.24) is 0 Å². The molecule has 2 aromatic carbocycles. The molecule has 134 valence electrons. The van der Waals surface area contributed by atoms with Crippen LogP contribution in [0.2, 0.25) is 0 Å². The normalized spacial score (nSPS) is 10.8. The highest BCUT2D eigenvalue weighted by Gasteiger charge is 2.12. The summed E-state index contributed by atoms with van der Waals surface area (Å²) in [6.07, 6.45) is -0.196. The summed E-state index contributed by atoms with van der Waals surface area (Å²) in [5.74, 6) is -1.14. The van der Waals surface area contributed by atoms with E-state index < -0.39 is 11.6 Å². The number of ether oxygens (including phenoxy) is 1. The number of carboxylic acids is 1. The molecule has 1 heterocycles. The highest BCUT2D eigenvalue weighted by molar-refractivity contribution is 5.82. The van der Waals surface area contributed by atoms with Gasteiger partial charge in [0.25, 0.3) is 0 Å². The molecule has 0 spiro atoms. The van der Waals surface area contributed by atoms with E-state index in [1.54, 1.807) is 43.3 Å². The van der Waals surface area contributed by atoms with E-state index in [2.05, 4.69) is 0 Å².